The van der Waals surface area contributed by atoms with Crippen molar-refractivity contribution in [2.75, 3.05) is 5.75 Å². The standard InChI is InChI=1S/C25H16ClN5O2S/c26-15-9-11-16(12-10-15)31-24(33)17-5-1-2-6-19(17)30-25(31)34-14-22(32)18(13-27)23-28-20-7-3-4-8-21(20)29-23/h1-12,32H,14H2,(H,28,29). The molecular formula is C25H16ClN5O2S. The Morgan fingerprint density at radius 1 is 1.03 bits per heavy atom. The summed E-state index contributed by atoms with van der Waals surface area (Å²) in [7, 11) is 0. The van der Waals surface area contributed by atoms with Crippen molar-refractivity contribution in [1.82, 2.24) is 19.5 Å². The highest BCUT2D eigenvalue weighted by molar-refractivity contribution is 7.99. The zero-order chi connectivity index (χ0) is 23.7. The van der Waals surface area contributed by atoms with Crippen LogP contribution in [0.25, 0.3) is 33.2 Å². The Morgan fingerprint density at radius 2 is 1.74 bits per heavy atom. The van der Waals surface area contributed by atoms with E-state index in [2.05, 4.69) is 15.0 Å². The molecule has 34 heavy (non-hydrogen) atoms. The number of aromatic nitrogens is 4. The van der Waals surface area contributed by atoms with E-state index in [1.54, 1.807) is 42.5 Å². The van der Waals surface area contributed by atoms with E-state index in [-0.39, 0.29) is 28.5 Å². The van der Waals surface area contributed by atoms with Crippen LogP contribution in [0.2, 0.25) is 5.02 Å². The van der Waals surface area contributed by atoms with Crippen LogP contribution in [0.15, 0.2) is 88.5 Å². The molecule has 3 aromatic carbocycles. The lowest BCUT2D eigenvalue weighted by atomic mass is 10.2. The summed E-state index contributed by atoms with van der Waals surface area (Å²) in [6.45, 7) is 0. The molecule has 0 aliphatic heterocycles. The number of imidazole rings is 1. The predicted molar refractivity (Wildman–Crippen MR) is 134 cm³/mol. The summed E-state index contributed by atoms with van der Waals surface area (Å²) >= 11 is 7.17. The molecule has 9 heteroatoms. The molecule has 0 bridgehead atoms. The van der Waals surface area contributed by atoms with Crippen molar-refractivity contribution in [1.29, 1.82) is 5.26 Å². The maximum atomic E-state index is 13.3. The highest BCUT2D eigenvalue weighted by Crippen LogP contribution is 2.26. The van der Waals surface area contributed by atoms with Crippen molar-refractivity contribution >= 4 is 50.9 Å². The number of benzene rings is 3. The molecule has 2 heterocycles. The third-order valence-corrected chi connectivity index (χ3v) is 6.40. The van der Waals surface area contributed by atoms with Gasteiger partial charge < -0.3 is 10.1 Å². The number of thioether (sulfide) groups is 1. The number of nitrogens with zero attached hydrogens (tertiary/aromatic N) is 4. The number of aromatic amines is 1. The largest absolute Gasteiger partial charge is 0.510 e. The molecule has 0 aliphatic carbocycles. The van der Waals surface area contributed by atoms with E-state index in [0.717, 1.165) is 17.3 Å². The van der Waals surface area contributed by atoms with E-state index < -0.39 is 0 Å². The molecule has 0 spiro atoms. The fourth-order valence-electron chi connectivity index (χ4n) is 3.56. The number of para-hydroxylation sites is 3. The molecule has 0 aliphatic rings. The Labute approximate surface area is 203 Å². The van der Waals surface area contributed by atoms with Gasteiger partial charge >= 0.3 is 0 Å². The number of aliphatic hydroxyl groups excluding tert-OH is 1. The van der Waals surface area contributed by atoms with Crippen molar-refractivity contribution < 1.29 is 5.11 Å². The molecule has 0 atom stereocenters. The van der Waals surface area contributed by atoms with Crippen molar-refractivity contribution in [2.24, 2.45) is 0 Å². The molecular weight excluding hydrogens is 470 g/mol. The molecule has 166 valence electrons. The molecule has 0 amide bonds. The molecule has 2 aromatic heterocycles. The lowest BCUT2D eigenvalue weighted by Gasteiger charge is -2.13. The van der Waals surface area contributed by atoms with Crippen molar-refractivity contribution in [3.63, 3.8) is 0 Å². The molecule has 0 radical (unpaired) electrons. The second-order valence-corrected chi connectivity index (χ2v) is 8.73. The maximum absolute atomic E-state index is 13.3. The molecule has 0 fully saturated rings. The van der Waals surface area contributed by atoms with E-state index in [1.165, 1.54) is 4.57 Å². The van der Waals surface area contributed by atoms with Gasteiger partial charge in [-0.1, -0.05) is 47.6 Å². The number of H-pyrrole nitrogens is 1. The first-order valence-electron chi connectivity index (χ1n) is 10.2. The fourth-order valence-corrected chi connectivity index (χ4v) is 4.57. The number of halogens is 1. The topological polar surface area (TPSA) is 108 Å². The number of hydrogen-bond donors (Lipinski definition) is 2. The van der Waals surface area contributed by atoms with Crippen LogP contribution in [-0.2, 0) is 0 Å². The SMILES string of the molecule is N#CC(=C(O)CSc1nc2ccccc2c(=O)n1-c1ccc(Cl)cc1)c1nc2ccccc2[nH]1. The summed E-state index contributed by atoms with van der Waals surface area (Å²) in [4.78, 5) is 25.4. The number of hydrogen-bond acceptors (Lipinski definition) is 6. The molecule has 0 saturated carbocycles. The van der Waals surface area contributed by atoms with Crippen LogP contribution < -0.4 is 5.56 Å². The Bertz CT molecular complexity index is 1630. The highest BCUT2D eigenvalue weighted by Gasteiger charge is 2.17. The van der Waals surface area contributed by atoms with Crippen molar-refractivity contribution in [3.05, 3.63) is 99.8 Å². The minimum absolute atomic E-state index is 0.0122. The summed E-state index contributed by atoms with van der Waals surface area (Å²) in [5.74, 6) is 0.123. The van der Waals surface area contributed by atoms with Gasteiger partial charge in [-0.2, -0.15) is 5.26 Å². The lowest BCUT2D eigenvalue weighted by Crippen LogP contribution is -2.21. The average molecular weight is 486 g/mol. The zero-order valence-electron chi connectivity index (χ0n) is 17.6. The molecule has 5 aromatic rings. The summed E-state index contributed by atoms with van der Waals surface area (Å²) in [6.07, 6.45) is 0. The van der Waals surface area contributed by atoms with Crippen LogP contribution >= 0.6 is 23.4 Å². The molecule has 0 saturated heterocycles. The average Bonchev–Trinajstić information content (AvgIpc) is 3.28. The molecule has 0 unspecified atom stereocenters. The summed E-state index contributed by atoms with van der Waals surface area (Å²) in [5, 5.41) is 21.9. The predicted octanol–water partition coefficient (Wildman–Crippen LogP) is 5.50. The Balaban J connectivity index is 1.56. The van der Waals surface area contributed by atoms with E-state index in [1.807, 2.05) is 36.4 Å². The molecule has 5 rings (SSSR count). The fraction of sp³-hybridized carbons (Fsp3) is 0.0400. The van der Waals surface area contributed by atoms with Gasteiger partial charge in [0.2, 0.25) is 0 Å². The Hall–Kier alpha value is -4.06. The second kappa shape index (κ2) is 9.06. The Morgan fingerprint density at radius 3 is 2.47 bits per heavy atom. The van der Waals surface area contributed by atoms with Crippen LogP contribution in [0.4, 0.5) is 0 Å². The van der Waals surface area contributed by atoms with Gasteiger partial charge in [-0.3, -0.25) is 9.36 Å². The van der Waals surface area contributed by atoms with Crippen LogP contribution in [-0.4, -0.2) is 30.4 Å². The summed E-state index contributed by atoms with van der Waals surface area (Å²) in [5.41, 5.74) is 2.39. The third kappa shape index (κ3) is 4.03. The highest BCUT2D eigenvalue weighted by atomic mass is 35.5. The van der Waals surface area contributed by atoms with Gasteiger partial charge in [-0.15, -0.1) is 0 Å². The van der Waals surface area contributed by atoms with E-state index >= 15 is 0 Å². The summed E-state index contributed by atoms with van der Waals surface area (Å²) < 4.78 is 1.48. The number of aliphatic hydroxyl groups is 1. The van der Waals surface area contributed by atoms with Gasteiger partial charge in [-0.25, -0.2) is 9.97 Å². The minimum atomic E-state index is -0.239. The minimum Gasteiger partial charge on any atom is -0.510 e. The number of nitriles is 1. The number of allylic oxidation sites excluding steroid dienone is 1. The zero-order valence-corrected chi connectivity index (χ0v) is 19.1. The maximum Gasteiger partial charge on any atom is 0.266 e. The van der Waals surface area contributed by atoms with Gasteiger partial charge in [0.25, 0.3) is 5.56 Å². The molecule has 7 nitrogen and oxygen atoms in total. The van der Waals surface area contributed by atoms with Gasteiger partial charge in [0.05, 0.1) is 33.4 Å². The van der Waals surface area contributed by atoms with E-state index in [9.17, 15) is 15.2 Å². The smallest absolute Gasteiger partial charge is 0.266 e. The monoisotopic (exact) mass is 485 g/mol. The van der Waals surface area contributed by atoms with Crippen LogP contribution in [0.1, 0.15) is 5.82 Å². The first kappa shape index (κ1) is 21.8. The van der Waals surface area contributed by atoms with Crippen LogP contribution in [0.5, 0.6) is 0 Å². The number of nitrogens with one attached hydrogen (secondary N) is 1. The summed E-state index contributed by atoms with van der Waals surface area (Å²) in [6, 6.07) is 23.3. The first-order chi connectivity index (χ1) is 16.5. The van der Waals surface area contributed by atoms with E-state index in [0.29, 0.717) is 32.3 Å². The Kier molecular flexibility index (Phi) is 5.80. The molecule has 2 N–H and O–H groups in total. The van der Waals surface area contributed by atoms with E-state index in [4.69, 9.17) is 11.6 Å². The van der Waals surface area contributed by atoms with Crippen molar-refractivity contribution in [2.45, 2.75) is 5.16 Å². The quantitative estimate of drug-likeness (QED) is 0.147. The van der Waals surface area contributed by atoms with Gasteiger partial charge in [0.15, 0.2) is 11.0 Å². The van der Waals surface area contributed by atoms with Gasteiger partial charge in [-0.05, 0) is 48.5 Å². The number of fused-ring (bicyclic) bond motifs is 2. The van der Waals surface area contributed by atoms with Crippen LogP contribution in [0.3, 0.4) is 0 Å². The van der Waals surface area contributed by atoms with Gasteiger partial charge in [0, 0.05) is 5.02 Å². The van der Waals surface area contributed by atoms with Crippen LogP contribution in [0, 0.1) is 11.3 Å². The van der Waals surface area contributed by atoms with Crippen molar-refractivity contribution in [3.8, 4) is 11.8 Å². The lowest BCUT2D eigenvalue weighted by molar-refractivity contribution is 0.420. The van der Waals surface area contributed by atoms with Gasteiger partial charge in [0.1, 0.15) is 17.4 Å². The normalized spacial score (nSPS) is 12.0. The number of rotatable bonds is 5. The second-order valence-electron chi connectivity index (χ2n) is 7.35. The first-order valence-corrected chi connectivity index (χ1v) is 11.6. The third-order valence-electron chi connectivity index (χ3n) is 5.19.